The van der Waals surface area contributed by atoms with Crippen molar-refractivity contribution in [2.75, 3.05) is 11.4 Å². The maximum Gasteiger partial charge on any atom is 0.287 e. The van der Waals surface area contributed by atoms with Gasteiger partial charge in [0.1, 0.15) is 5.58 Å². The second-order valence-electron chi connectivity index (χ2n) is 6.80. The molecule has 1 N–H and O–H groups in total. The minimum Gasteiger partial charge on any atom is -0.451 e. The first-order valence-electron chi connectivity index (χ1n) is 8.68. The number of carbonyl (C=O) groups excluding carboxylic acids is 2. The van der Waals surface area contributed by atoms with Gasteiger partial charge in [-0.05, 0) is 49.2 Å². The summed E-state index contributed by atoms with van der Waals surface area (Å²) in [6.07, 6.45) is 0.291. The number of para-hydroxylation sites is 1. The van der Waals surface area contributed by atoms with E-state index in [4.69, 9.17) is 4.42 Å². The summed E-state index contributed by atoms with van der Waals surface area (Å²) in [6, 6.07) is 15.0. The maximum atomic E-state index is 12.5. The van der Waals surface area contributed by atoms with Crippen LogP contribution in [0.4, 0.5) is 5.69 Å². The number of carbonyl (C=O) groups is 2. The van der Waals surface area contributed by atoms with E-state index in [0.717, 1.165) is 16.6 Å². The first kappa shape index (κ1) is 16.4. The van der Waals surface area contributed by atoms with Crippen molar-refractivity contribution in [1.29, 1.82) is 0 Å². The van der Waals surface area contributed by atoms with Crippen molar-refractivity contribution >= 4 is 28.5 Å². The highest BCUT2D eigenvalue weighted by Gasteiger charge is 2.32. The standard InChI is InChI=1S/C21H20N2O3/c1-13-7-8-17(9-14(13)2)23-12-16(11-20(23)24)22-21(25)19-10-15-5-3-4-6-18(15)26-19/h3-10,16H,11-12H2,1-2H3,(H,22,25)/t16-/m0/s1. The van der Waals surface area contributed by atoms with Crippen molar-refractivity contribution < 1.29 is 14.0 Å². The molecule has 3 aromatic rings. The summed E-state index contributed by atoms with van der Waals surface area (Å²) >= 11 is 0. The predicted octanol–water partition coefficient (Wildman–Crippen LogP) is 3.58. The molecule has 0 aliphatic carbocycles. The molecule has 132 valence electrons. The van der Waals surface area contributed by atoms with E-state index in [1.54, 1.807) is 11.0 Å². The molecule has 1 aliphatic heterocycles. The van der Waals surface area contributed by atoms with E-state index in [9.17, 15) is 9.59 Å². The van der Waals surface area contributed by atoms with Crippen LogP contribution in [0.2, 0.25) is 0 Å². The van der Waals surface area contributed by atoms with Gasteiger partial charge in [-0.25, -0.2) is 0 Å². The molecule has 0 saturated carbocycles. The minimum atomic E-state index is -0.291. The molecule has 4 rings (SSSR count). The van der Waals surface area contributed by atoms with Crippen molar-refractivity contribution in [3.63, 3.8) is 0 Å². The fraction of sp³-hybridized carbons (Fsp3) is 0.238. The highest BCUT2D eigenvalue weighted by atomic mass is 16.3. The topological polar surface area (TPSA) is 62.6 Å². The summed E-state index contributed by atoms with van der Waals surface area (Å²) in [4.78, 5) is 26.6. The summed E-state index contributed by atoms with van der Waals surface area (Å²) in [5, 5.41) is 3.80. The number of fused-ring (bicyclic) bond motifs is 1. The Balaban J connectivity index is 1.48. The number of hydrogen-bond donors (Lipinski definition) is 1. The molecule has 0 radical (unpaired) electrons. The molecule has 1 aromatic heterocycles. The van der Waals surface area contributed by atoms with Crippen LogP contribution in [0.3, 0.4) is 0 Å². The van der Waals surface area contributed by atoms with E-state index in [-0.39, 0.29) is 23.6 Å². The SMILES string of the molecule is Cc1ccc(N2C[C@@H](NC(=O)c3cc4ccccc4o3)CC2=O)cc1C. The summed E-state index contributed by atoms with van der Waals surface area (Å²) in [5.41, 5.74) is 3.88. The van der Waals surface area contributed by atoms with Crippen LogP contribution in [0.1, 0.15) is 28.1 Å². The molecular weight excluding hydrogens is 328 g/mol. The highest BCUT2D eigenvalue weighted by Crippen LogP contribution is 2.25. The summed E-state index contributed by atoms with van der Waals surface area (Å²) in [6.45, 7) is 4.54. The van der Waals surface area contributed by atoms with Crippen LogP contribution in [0, 0.1) is 13.8 Å². The lowest BCUT2D eigenvalue weighted by Gasteiger charge is -2.18. The quantitative estimate of drug-likeness (QED) is 0.787. The van der Waals surface area contributed by atoms with Gasteiger partial charge in [0.05, 0.1) is 6.04 Å². The number of hydrogen-bond acceptors (Lipinski definition) is 3. The Labute approximate surface area is 151 Å². The van der Waals surface area contributed by atoms with Gasteiger partial charge in [0, 0.05) is 24.0 Å². The summed E-state index contributed by atoms with van der Waals surface area (Å²) < 4.78 is 5.60. The van der Waals surface area contributed by atoms with Gasteiger partial charge in [-0.3, -0.25) is 9.59 Å². The van der Waals surface area contributed by atoms with Gasteiger partial charge in [0.15, 0.2) is 5.76 Å². The third-order valence-electron chi connectivity index (χ3n) is 4.91. The van der Waals surface area contributed by atoms with Crippen LogP contribution in [0.5, 0.6) is 0 Å². The zero-order valence-corrected chi connectivity index (χ0v) is 14.8. The average Bonchev–Trinajstić information content (AvgIpc) is 3.21. The molecule has 5 heteroatoms. The molecular formula is C21H20N2O3. The maximum absolute atomic E-state index is 12.5. The Morgan fingerprint density at radius 2 is 1.92 bits per heavy atom. The predicted molar refractivity (Wildman–Crippen MR) is 100 cm³/mol. The van der Waals surface area contributed by atoms with Crippen molar-refractivity contribution in [2.45, 2.75) is 26.3 Å². The summed E-state index contributed by atoms with van der Waals surface area (Å²) in [5.74, 6) is -0.00706. The lowest BCUT2D eigenvalue weighted by molar-refractivity contribution is -0.117. The Hall–Kier alpha value is -3.08. The number of rotatable bonds is 3. The molecule has 2 heterocycles. The van der Waals surface area contributed by atoms with Crippen LogP contribution in [0.25, 0.3) is 11.0 Å². The monoisotopic (exact) mass is 348 g/mol. The molecule has 2 amide bonds. The molecule has 1 atom stereocenters. The molecule has 1 fully saturated rings. The fourth-order valence-corrected chi connectivity index (χ4v) is 3.30. The van der Waals surface area contributed by atoms with Gasteiger partial charge >= 0.3 is 0 Å². The molecule has 0 unspecified atom stereocenters. The average molecular weight is 348 g/mol. The smallest absolute Gasteiger partial charge is 0.287 e. The minimum absolute atomic E-state index is 0.0168. The van der Waals surface area contributed by atoms with Gasteiger partial charge in [0.25, 0.3) is 5.91 Å². The van der Waals surface area contributed by atoms with Crippen LogP contribution < -0.4 is 10.2 Å². The van der Waals surface area contributed by atoms with Crippen LogP contribution in [-0.4, -0.2) is 24.4 Å². The second-order valence-corrected chi connectivity index (χ2v) is 6.80. The zero-order chi connectivity index (χ0) is 18.3. The van der Waals surface area contributed by atoms with Gasteiger partial charge in [-0.15, -0.1) is 0 Å². The Bertz CT molecular complexity index is 972. The van der Waals surface area contributed by atoms with Crippen LogP contribution in [0.15, 0.2) is 52.9 Å². The van der Waals surface area contributed by atoms with Gasteiger partial charge in [-0.1, -0.05) is 24.3 Å². The molecule has 26 heavy (non-hydrogen) atoms. The van der Waals surface area contributed by atoms with Gasteiger partial charge in [-0.2, -0.15) is 0 Å². The number of amides is 2. The fourth-order valence-electron chi connectivity index (χ4n) is 3.30. The largest absolute Gasteiger partial charge is 0.451 e. The van der Waals surface area contributed by atoms with Crippen molar-refractivity contribution in [3.05, 3.63) is 65.4 Å². The number of nitrogens with zero attached hydrogens (tertiary/aromatic N) is 1. The Kier molecular flexibility index (Phi) is 3.99. The lowest BCUT2D eigenvalue weighted by Crippen LogP contribution is -2.37. The van der Waals surface area contributed by atoms with E-state index in [2.05, 4.69) is 5.32 Å². The van der Waals surface area contributed by atoms with Crippen molar-refractivity contribution in [1.82, 2.24) is 5.32 Å². The lowest BCUT2D eigenvalue weighted by atomic mass is 10.1. The molecule has 1 saturated heterocycles. The third kappa shape index (κ3) is 2.96. The van der Waals surface area contributed by atoms with E-state index >= 15 is 0 Å². The van der Waals surface area contributed by atoms with Crippen LogP contribution in [-0.2, 0) is 4.79 Å². The van der Waals surface area contributed by atoms with Crippen molar-refractivity contribution in [2.24, 2.45) is 0 Å². The second kappa shape index (κ2) is 6.33. The van der Waals surface area contributed by atoms with Gasteiger partial charge in [0.2, 0.25) is 5.91 Å². The molecule has 2 aromatic carbocycles. The van der Waals surface area contributed by atoms with E-state index in [1.807, 2.05) is 56.3 Å². The molecule has 1 aliphatic rings. The summed E-state index contributed by atoms with van der Waals surface area (Å²) in [7, 11) is 0. The molecule has 0 spiro atoms. The Morgan fingerprint density at radius 3 is 2.69 bits per heavy atom. The number of anilines is 1. The van der Waals surface area contributed by atoms with E-state index in [0.29, 0.717) is 18.5 Å². The number of nitrogens with one attached hydrogen (secondary N) is 1. The van der Waals surface area contributed by atoms with Crippen molar-refractivity contribution in [3.8, 4) is 0 Å². The van der Waals surface area contributed by atoms with Gasteiger partial charge < -0.3 is 14.6 Å². The molecule has 0 bridgehead atoms. The van der Waals surface area contributed by atoms with E-state index in [1.165, 1.54) is 5.56 Å². The van der Waals surface area contributed by atoms with Crippen LogP contribution >= 0.6 is 0 Å². The third-order valence-corrected chi connectivity index (χ3v) is 4.91. The number of aryl methyl sites for hydroxylation is 2. The first-order chi connectivity index (χ1) is 12.5. The van der Waals surface area contributed by atoms with E-state index < -0.39 is 0 Å². The number of furan rings is 1. The highest BCUT2D eigenvalue weighted by molar-refractivity contribution is 5.99. The number of benzene rings is 2. The normalized spacial score (nSPS) is 17.1. The molecule has 5 nitrogen and oxygen atoms in total. The Morgan fingerprint density at radius 1 is 1.12 bits per heavy atom. The zero-order valence-electron chi connectivity index (χ0n) is 14.8. The first-order valence-corrected chi connectivity index (χ1v) is 8.68.